The van der Waals surface area contributed by atoms with Gasteiger partial charge in [-0.05, 0) is 23.8 Å². The van der Waals surface area contributed by atoms with Crippen LogP contribution in [0.5, 0.6) is 0 Å². The number of carbonyl (C=O) groups excluding carboxylic acids is 1. The van der Waals surface area contributed by atoms with E-state index in [2.05, 4.69) is 0 Å². The van der Waals surface area contributed by atoms with Crippen LogP contribution in [0.25, 0.3) is 0 Å². The second kappa shape index (κ2) is 3.45. The minimum Gasteiger partial charge on any atom is -0.550 e. The molecule has 3 nitrogen and oxygen atoms in total. The molecule has 1 rings (SSSR count). The van der Waals surface area contributed by atoms with Gasteiger partial charge in [0.2, 0.25) is 0 Å². The van der Waals surface area contributed by atoms with Gasteiger partial charge in [0.15, 0.2) is 0 Å². The standard InChI is InChI=1S/C8H8ClNO2/c9-6-1-2-7(10)5(3-6)4-8(11)12/h1-3H,4,10H2,(H,11,12)/p-1. The Bertz CT molecular complexity index is 312. The van der Waals surface area contributed by atoms with Crippen LogP contribution in [0.3, 0.4) is 0 Å². The summed E-state index contributed by atoms with van der Waals surface area (Å²) in [6.45, 7) is 0. The normalized spacial score (nSPS) is 9.75. The van der Waals surface area contributed by atoms with Crippen LogP contribution in [-0.4, -0.2) is 5.97 Å². The second-order valence-corrected chi connectivity index (χ2v) is 2.83. The molecule has 0 atom stereocenters. The van der Waals surface area contributed by atoms with Crippen molar-refractivity contribution in [3.8, 4) is 0 Å². The zero-order valence-electron chi connectivity index (χ0n) is 6.21. The van der Waals surface area contributed by atoms with Gasteiger partial charge in [-0.25, -0.2) is 0 Å². The van der Waals surface area contributed by atoms with E-state index < -0.39 is 5.97 Å². The third kappa shape index (κ3) is 2.13. The lowest BCUT2D eigenvalue weighted by Crippen LogP contribution is -2.24. The van der Waals surface area contributed by atoms with Crippen molar-refractivity contribution < 1.29 is 9.90 Å². The number of carboxylic acids is 1. The summed E-state index contributed by atoms with van der Waals surface area (Å²) in [5.74, 6) is -1.16. The number of hydrogen-bond acceptors (Lipinski definition) is 3. The largest absolute Gasteiger partial charge is 0.550 e. The Morgan fingerprint density at radius 2 is 2.25 bits per heavy atom. The molecule has 0 aromatic heterocycles. The maximum Gasteiger partial charge on any atom is 0.0459 e. The number of nitrogen functional groups attached to an aromatic ring is 1. The maximum absolute atomic E-state index is 10.2. The van der Waals surface area contributed by atoms with Crippen LogP contribution in [0.1, 0.15) is 5.56 Å². The predicted molar refractivity (Wildman–Crippen MR) is 44.6 cm³/mol. The number of rotatable bonds is 2. The van der Waals surface area contributed by atoms with Crippen molar-refractivity contribution in [3.63, 3.8) is 0 Å². The van der Waals surface area contributed by atoms with Gasteiger partial charge in [-0.2, -0.15) is 0 Å². The highest BCUT2D eigenvalue weighted by Gasteiger charge is 1.99. The summed E-state index contributed by atoms with van der Waals surface area (Å²) in [5.41, 5.74) is 6.40. The van der Waals surface area contributed by atoms with Crippen LogP contribution in [0, 0.1) is 0 Å². The van der Waals surface area contributed by atoms with E-state index in [-0.39, 0.29) is 6.42 Å². The first-order valence-corrected chi connectivity index (χ1v) is 3.71. The Labute approximate surface area is 74.8 Å². The number of aliphatic carboxylic acids is 1. The van der Waals surface area contributed by atoms with Crippen molar-refractivity contribution in [2.45, 2.75) is 6.42 Å². The topological polar surface area (TPSA) is 66.2 Å². The van der Waals surface area contributed by atoms with Crippen molar-refractivity contribution >= 4 is 23.3 Å². The number of carbonyl (C=O) groups is 1. The molecule has 0 spiro atoms. The molecule has 12 heavy (non-hydrogen) atoms. The lowest BCUT2D eigenvalue weighted by molar-refractivity contribution is -0.304. The molecule has 0 radical (unpaired) electrons. The minimum atomic E-state index is -1.16. The Balaban J connectivity index is 2.97. The van der Waals surface area contributed by atoms with Gasteiger partial charge in [-0.1, -0.05) is 11.6 Å². The number of halogens is 1. The Morgan fingerprint density at radius 3 is 2.83 bits per heavy atom. The summed E-state index contributed by atoms with van der Waals surface area (Å²) in [7, 11) is 0. The van der Waals surface area contributed by atoms with Crippen molar-refractivity contribution in [2.75, 3.05) is 5.73 Å². The van der Waals surface area contributed by atoms with Crippen LogP contribution in [-0.2, 0) is 11.2 Å². The van der Waals surface area contributed by atoms with E-state index in [4.69, 9.17) is 17.3 Å². The van der Waals surface area contributed by atoms with E-state index in [9.17, 15) is 9.90 Å². The molecule has 64 valence electrons. The van der Waals surface area contributed by atoms with Gasteiger partial charge < -0.3 is 15.6 Å². The van der Waals surface area contributed by atoms with Gasteiger partial charge in [-0.15, -0.1) is 0 Å². The molecular weight excluding hydrogens is 178 g/mol. The number of anilines is 1. The van der Waals surface area contributed by atoms with E-state index in [1.165, 1.54) is 6.07 Å². The highest BCUT2D eigenvalue weighted by atomic mass is 35.5. The summed E-state index contributed by atoms with van der Waals surface area (Å²) in [6.07, 6.45) is -0.202. The summed E-state index contributed by atoms with van der Waals surface area (Å²) < 4.78 is 0. The fraction of sp³-hybridized carbons (Fsp3) is 0.125. The molecule has 0 saturated heterocycles. The highest BCUT2D eigenvalue weighted by Crippen LogP contribution is 2.17. The van der Waals surface area contributed by atoms with Gasteiger partial charge in [0, 0.05) is 23.1 Å². The van der Waals surface area contributed by atoms with Crippen LogP contribution >= 0.6 is 11.6 Å². The fourth-order valence-corrected chi connectivity index (χ4v) is 1.08. The van der Waals surface area contributed by atoms with Gasteiger partial charge in [-0.3, -0.25) is 0 Å². The zero-order chi connectivity index (χ0) is 9.14. The first kappa shape index (κ1) is 8.87. The lowest BCUT2D eigenvalue weighted by Gasteiger charge is -2.05. The van der Waals surface area contributed by atoms with Gasteiger partial charge in [0.05, 0.1) is 0 Å². The molecular formula is C8H7ClNO2-. The predicted octanol–water partition coefficient (Wildman–Crippen LogP) is 0.215. The Morgan fingerprint density at radius 1 is 1.58 bits per heavy atom. The number of carboxylic acid groups (broad SMARTS) is 1. The average Bonchev–Trinajstić information content (AvgIpc) is 1.96. The average molecular weight is 185 g/mol. The lowest BCUT2D eigenvalue weighted by atomic mass is 10.1. The quantitative estimate of drug-likeness (QED) is 0.669. The van der Waals surface area contributed by atoms with Crippen LogP contribution in [0.2, 0.25) is 5.02 Å². The zero-order valence-corrected chi connectivity index (χ0v) is 6.97. The van der Waals surface area contributed by atoms with Crippen LogP contribution in [0.4, 0.5) is 5.69 Å². The monoisotopic (exact) mass is 184 g/mol. The molecule has 0 aliphatic rings. The Hall–Kier alpha value is -1.22. The third-order valence-electron chi connectivity index (χ3n) is 1.44. The molecule has 0 bridgehead atoms. The number of hydrogen-bond donors (Lipinski definition) is 1. The van der Waals surface area contributed by atoms with Crippen molar-refractivity contribution in [1.82, 2.24) is 0 Å². The van der Waals surface area contributed by atoms with E-state index in [1.807, 2.05) is 0 Å². The van der Waals surface area contributed by atoms with Crippen molar-refractivity contribution in [1.29, 1.82) is 0 Å². The molecule has 1 aromatic carbocycles. The van der Waals surface area contributed by atoms with Gasteiger partial charge in [0.25, 0.3) is 0 Å². The summed E-state index contributed by atoms with van der Waals surface area (Å²) in [5, 5.41) is 10.7. The van der Waals surface area contributed by atoms with E-state index >= 15 is 0 Å². The van der Waals surface area contributed by atoms with E-state index in [0.717, 1.165) is 0 Å². The molecule has 2 N–H and O–H groups in total. The smallest absolute Gasteiger partial charge is 0.0459 e. The Kier molecular flexibility index (Phi) is 2.55. The molecule has 0 unspecified atom stereocenters. The molecule has 4 heteroatoms. The number of benzene rings is 1. The third-order valence-corrected chi connectivity index (χ3v) is 1.67. The van der Waals surface area contributed by atoms with E-state index in [0.29, 0.717) is 16.3 Å². The molecule has 0 amide bonds. The second-order valence-electron chi connectivity index (χ2n) is 2.39. The van der Waals surface area contributed by atoms with Gasteiger partial charge in [0.1, 0.15) is 0 Å². The minimum absolute atomic E-state index is 0.202. The fourth-order valence-electron chi connectivity index (χ4n) is 0.883. The molecule has 1 aromatic rings. The summed E-state index contributed by atoms with van der Waals surface area (Å²) in [4.78, 5) is 10.2. The van der Waals surface area contributed by atoms with E-state index in [1.54, 1.807) is 12.1 Å². The van der Waals surface area contributed by atoms with Crippen LogP contribution in [0.15, 0.2) is 18.2 Å². The molecule has 0 heterocycles. The van der Waals surface area contributed by atoms with Crippen LogP contribution < -0.4 is 10.8 Å². The highest BCUT2D eigenvalue weighted by molar-refractivity contribution is 6.30. The van der Waals surface area contributed by atoms with Crippen molar-refractivity contribution in [2.24, 2.45) is 0 Å². The molecule has 0 aliphatic carbocycles. The van der Waals surface area contributed by atoms with Gasteiger partial charge >= 0.3 is 0 Å². The SMILES string of the molecule is Nc1ccc(Cl)cc1CC(=O)[O-]. The van der Waals surface area contributed by atoms with Crippen molar-refractivity contribution in [3.05, 3.63) is 28.8 Å². The summed E-state index contributed by atoms with van der Waals surface area (Å²) >= 11 is 5.63. The number of nitrogens with two attached hydrogens (primary N) is 1. The first-order chi connectivity index (χ1) is 5.59. The molecule has 0 fully saturated rings. The maximum atomic E-state index is 10.2. The molecule has 0 aliphatic heterocycles. The first-order valence-electron chi connectivity index (χ1n) is 3.33. The summed E-state index contributed by atoms with van der Waals surface area (Å²) in [6, 6.07) is 4.70. The molecule has 0 saturated carbocycles.